The van der Waals surface area contributed by atoms with Gasteiger partial charge in [0.05, 0.1) is 11.4 Å². The third kappa shape index (κ3) is 2.59. The van der Waals surface area contributed by atoms with Crippen LogP contribution in [-0.2, 0) is 0 Å². The number of nitrogens with two attached hydrogens (primary N) is 2. The lowest BCUT2D eigenvalue weighted by molar-refractivity contribution is 0.475. The number of nitrogen functional groups attached to an aromatic ring is 2. The van der Waals surface area contributed by atoms with E-state index in [-0.39, 0.29) is 11.7 Å². The van der Waals surface area contributed by atoms with Crippen molar-refractivity contribution in [2.75, 3.05) is 11.5 Å². The van der Waals surface area contributed by atoms with E-state index in [0.717, 1.165) is 5.56 Å². The molecule has 0 atom stereocenters. The molecule has 0 aliphatic heterocycles. The molecule has 0 bridgehead atoms. The Morgan fingerprint density at radius 2 is 1.76 bits per heavy atom. The van der Waals surface area contributed by atoms with Crippen LogP contribution >= 0.6 is 0 Å². The van der Waals surface area contributed by atoms with Crippen molar-refractivity contribution in [2.45, 2.75) is 0 Å². The van der Waals surface area contributed by atoms with Gasteiger partial charge in [-0.1, -0.05) is 12.1 Å². The topological polar surface area (TPSA) is 111 Å². The number of aromatic hydroxyl groups is 1. The van der Waals surface area contributed by atoms with E-state index in [9.17, 15) is 5.11 Å². The lowest BCUT2D eigenvalue weighted by atomic mass is 10.1. The first-order valence-electron chi connectivity index (χ1n) is 6.28. The minimum absolute atomic E-state index is 0.0285. The summed E-state index contributed by atoms with van der Waals surface area (Å²) in [6.07, 6.45) is 1.52. The van der Waals surface area contributed by atoms with Crippen molar-refractivity contribution in [3.8, 4) is 28.4 Å². The molecule has 0 radical (unpaired) electrons. The molecular weight excluding hydrogens is 266 g/mol. The summed E-state index contributed by atoms with van der Waals surface area (Å²) in [6, 6.07) is 12.3. The monoisotopic (exact) mass is 279 g/mol. The first-order chi connectivity index (χ1) is 10.1. The Morgan fingerprint density at radius 1 is 0.905 bits per heavy atom. The van der Waals surface area contributed by atoms with Crippen LogP contribution in [0.5, 0.6) is 5.75 Å². The molecule has 3 rings (SSSR count). The maximum absolute atomic E-state index is 9.99. The number of pyridine rings is 1. The van der Waals surface area contributed by atoms with Gasteiger partial charge in [-0.05, 0) is 30.3 Å². The number of hydrogen-bond acceptors (Lipinski definition) is 6. The van der Waals surface area contributed by atoms with Crippen LogP contribution in [0.2, 0.25) is 0 Å². The molecule has 2 aromatic heterocycles. The SMILES string of the molecule is Nc1cccc(-c2ccc(O)c(-c3ccnc(N)n3)n2)c1. The molecule has 0 amide bonds. The molecule has 0 aliphatic rings. The fraction of sp³-hybridized carbons (Fsp3) is 0. The quantitative estimate of drug-likeness (QED) is 0.619. The molecule has 104 valence electrons. The third-order valence-electron chi connectivity index (χ3n) is 2.97. The molecule has 3 aromatic rings. The fourth-order valence-corrected chi connectivity index (χ4v) is 2.00. The van der Waals surface area contributed by atoms with Crippen molar-refractivity contribution in [3.05, 3.63) is 48.7 Å². The zero-order valence-electron chi connectivity index (χ0n) is 11.1. The molecule has 2 heterocycles. The first kappa shape index (κ1) is 12.9. The minimum Gasteiger partial charge on any atom is -0.506 e. The smallest absolute Gasteiger partial charge is 0.220 e. The van der Waals surface area contributed by atoms with E-state index in [1.165, 1.54) is 6.20 Å². The Kier molecular flexibility index (Phi) is 3.12. The van der Waals surface area contributed by atoms with Gasteiger partial charge >= 0.3 is 0 Å². The molecule has 1 aromatic carbocycles. The van der Waals surface area contributed by atoms with Gasteiger partial charge in [0.1, 0.15) is 11.4 Å². The molecule has 0 fully saturated rings. The van der Waals surface area contributed by atoms with Gasteiger partial charge in [0, 0.05) is 17.4 Å². The van der Waals surface area contributed by atoms with E-state index in [1.54, 1.807) is 24.3 Å². The highest BCUT2D eigenvalue weighted by Gasteiger charge is 2.11. The second kappa shape index (κ2) is 5.09. The van der Waals surface area contributed by atoms with E-state index in [2.05, 4.69) is 15.0 Å². The number of rotatable bonds is 2. The molecule has 6 nitrogen and oxygen atoms in total. The summed E-state index contributed by atoms with van der Waals surface area (Å²) in [5, 5.41) is 9.99. The Bertz CT molecular complexity index is 804. The fourth-order valence-electron chi connectivity index (χ4n) is 2.00. The third-order valence-corrected chi connectivity index (χ3v) is 2.97. The van der Waals surface area contributed by atoms with E-state index in [4.69, 9.17) is 11.5 Å². The van der Waals surface area contributed by atoms with Crippen LogP contribution < -0.4 is 11.5 Å². The van der Waals surface area contributed by atoms with E-state index >= 15 is 0 Å². The summed E-state index contributed by atoms with van der Waals surface area (Å²) < 4.78 is 0. The minimum atomic E-state index is 0.0285. The van der Waals surface area contributed by atoms with Gasteiger partial charge < -0.3 is 16.6 Å². The molecule has 0 saturated heterocycles. The van der Waals surface area contributed by atoms with Crippen LogP contribution in [0.25, 0.3) is 22.6 Å². The molecule has 0 unspecified atom stereocenters. The normalized spacial score (nSPS) is 10.5. The number of nitrogens with zero attached hydrogens (tertiary/aromatic N) is 3. The molecule has 21 heavy (non-hydrogen) atoms. The van der Waals surface area contributed by atoms with Crippen LogP contribution in [0.15, 0.2) is 48.7 Å². The number of anilines is 2. The van der Waals surface area contributed by atoms with Gasteiger partial charge in [0.25, 0.3) is 0 Å². The van der Waals surface area contributed by atoms with Crippen LogP contribution in [0.1, 0.15) is 0 Å². The van der Waals surface area contributed by atoms with Crippen LogP contribution in [0.4, 0.5) is 11.6 Å². The summed E-state index contributed by atoms with van der Waals surface area (Å²) >= 11 is 0. The molecule has 6 heteroatoms. The maximum Gasteiger partial charge on any atom is 0.220 e. The van der Waals surface area contributed by atoms with Gasteiger partial charge in [-0.25, -0.2) is 15.0 Å². The van der Waals surface area contributed by atoms with Crippen molar-refractivity contribution >= 4 is 11.6 Å². The summed E-state index contributed by atoms with van der Waals surface area (Å²) in [4.78, 5) is 12.3. The number of hydrogen-bond donors (Lipinski definition) is 3. The molecular formula is C15H13N5O. The van der Waals surface area contributed by atoms with Gasteiger partial charge in [0.15, 0.2) is 0 Å². The van der Waals surface area contributed by atoms with Gasteiger partial charge in [-0.3, -0.25) is 0 Å². The van der Waals surface area contributed by atoms with Crippen molar-refractivity contribution in [2.24, 2.45) is 0 Å². The van der Waals surface area contributed by atoms with E-state index in [0.29, 0.717) is 22.8 Å². The molecule has 0 saturated carbocycles. The molecule has 0 spiro atoms. The van der Waals surface area contributed by atoms with E-state index in [1.807, 2.05) is 18.2 Å². The average Bonchev–Trinajstić information content (AvgIpc) is 2.47. The Morgan fingerprint density at radius 3 is 2.52 bits per heavy atom. The van der Waals surface area contributed by atoms with Gasteiger partial charge in [-0.2, -0.15) is 0 Å². The van der Waals surface area contributed by atoms with Crippen LogP contribution in [0, 0.1) is 0 Å². The van der Waals surface area contributed by atoms with Crippen molar-refractivity contribution in [1.82, 2.24) is 15.0 Å². The highest BCUT2D eigenvalue weighted by molar-refractivity contribution is 5.70. The first-order valence-corrected chi connectivity index (χ1v) is 6.28. The lowest BCUT2D eigenvalue weighted by Gasteiger charge is -2.07. The summed E-state index contributed by atoms with van der Waals surface area (Å²) in [7, 11) is 0. The zero-order valence-corrected chi connectivity index (χ0v) is 11.1. The average molecular weight is 279 g/mol. The second-order valence-electron chi connectivity index (χ2n) is 4.49. The summed E-state index contributed by atoms with van der Waals surface area (Å²) in [5.74, 6) is 0.156. The number of aromatic nitrogens is 3. The van der Waals surface area contributed by atoms with Crippen LogP contribution in [-0.4, -0.2) is 20.1 Å². The maximum atomic E-state index is 9.99. The molecule has 0 aliphatic carbocycles. The zero-order chi connectivity index (χ0) is 14.8. The predicted molar refractivity (Wildman–Crippen MR) is 81.2 cm³/mol. The number of benzene rings is 1. The van der Waals surface area contributed by atoms with Crippen molar-refractivity contribution < 1.29 is 5.11 Å². The highest BCUT2D eigenvalue weighted by atomic mass is 16.3. The standard InChI is InChI=1S/C15H13N5O/c16-10-3-1-2-9(8-10)11-4-5-13(21)14(19-11)12-6-7-18-15(17)20-12/h1-8,21H,16H2,(H2,17,18,20). The van der Waals surface area contributed by atoms with Crippen LogP contribution in [0.3, 0.4) is 0 Å². The highest BCUT2D eigenvalue weighted by Crippen LogP contribution is 2.29. The second-order valence-corrected chi connectivity index (χ2v) is 4.49. The molecule has 5 N–H and O–H groups in total. The largest absolute Gasteiger partial charge is 0.506 e. The lowest BCUT2D eigenvalue weighted by Crippen LogP contribution is -1.97. The Hall–Kier alpha value is -3.15. The Balaban J connectivity index is 2.12. The van der Waals surface area contributed by atoms with E-state index < -0.39 is 0 Å². The van der Waals surface area contributed by atoms with Crippen molar-refractivity contribution in [1.29, 1.82) is 0 Å². The van der Waals surface area contributed by atoms with Gasteiger partial charge in [0.2, 0.25) is 5.95 Å². The Labute approximate surface area is 121 Å². The van der Waals surface area contributed by atoms with Crippen molar-refractivity contribution in [3.63, 3.8) is 0 Å². The summed E-state index contributed by atoms with van der Waals surface area (Å²) in [6.45, 7) is 0. The summed E-state index contributed by atoms with van der Waals surface area (Å²) in [5.41, 5.74) is 14.4. The van der Waals surface area contributed by atoms with Gasteiger partial charge in [-0.15, -0.1) is 0 Å². The predicted octanol–water partition coefficient (Wildman–Crippen LogP) is 2.08.